The molecule has 0 bridgehead atoms. The third-order valence-electron chi connectivity index (χ3n) is 3.49. The van der Waals surface area contributed by atoms with E-state index >= 15 is 0 Å². The zero-order valence-electron chi connectivity index (χ0n) is 10.8. The molecule has 1 saturated carbocycles. The van der Waals surface area contributed by atoms with Gasteiger partial charge < -0.3 is 4.90 Å². The second-order valence-corrected chi connectivity index (χ2v) is 5.67. The van der Waals surface area contributed by atoms with Crippen molar-refractivity contribution >= 4 is 21.8 Å². The minimum absolute atomic E-state index is 0.220. The zero-order valence-corrected chi connectivity index (χ0v) is 12.4. The van der Waals surface area contributed by atoms with E-state index in [1.165, 1.54) is 5.56 Å². The molecule has 0 heterocycles. The lowest BCUT2D eigenvalue weighted by Gasteiger charge is -2.21. The average molecular weight is 310 g/mol. The summed E-state index contributed by atoms with van der Waals surface area (Å²) in [6.07, 6.45) is 2.05. The first-order valence-corrected chi connectivity index (χ1v) is 7.79. The Morgan fingerprint density at radius 3 is 2.67 bits per heavy atom. The molecule has 1 aromatic rings. The lowest BCUT2D eigenvalue weighted by atomic mass is 10.1. The number of halogens is 1. The Labute approximate surface area is 117 Å². The average Bonchev–Trinajstić information content (AvgIpc) is 3.19. The molecule has 2 nitrogen and oxygen atoms in total. The largest absolute Gasteiger partial charge is 0.342 e. The number of carbonyl (C=O) groups is 1. The fraction of sp³-hybridized carbons (Fsp3) is 0.533. The molecule has 3 heteroatoms. The van der Waals surface area contributed by atoms with Crippen molar-refractivity contribution in [3.8, 4) is 0 Å². The van der Waals surface area contributed by atoms with Gasteiger partial charge in [0.25, 0.3) is 0 Å². The summed E-state index contributed by atoms with van der Waals surface area (Å²) < 4.78 is 0. The van der Waals surface area contributed by atoms with Gasteiger partial charge in [0.2, 0.25) is 5.91 Å². The van der Waals surface area contributed by atoms with Gasteiger partial charge in [0.05, 0.1) is 0 Å². The van der Waals surface area contributed by atoms with Crippen LogP contribution in [0.25, 0.3) is 0 Å². The minimum Gasteiger partial charge on any atom is -0.342 e. The van der Waals surface area contributed by atoms with Crippen molar-refractivity contribution in [1.29, 1.82) is 0 Å². The predicted octanol–water partition coefficient (Wildman–Crippen LogP) is 3.42. The highest BCUT2D eigenvalue weighted by Crippen LogP contribution is 2.48. The molecule has 0 radical (unpaired) electrons. The van der Waals surface area contributed by atoms with Crippen molar-refractivity contribution in [2.75, 3.05) is 18.4 Å². The van der Waals surface area contributed by atoms with Crippen LogP contribution in [0.15, 0.2) is 30.3 Å². The van der Waals surface area contributed by atoms with Crippen LogP contribution in [0.4, 0.5) is 0 Å². The Bertz CT molecular complexity index is 387. The van der Waals surface area contributed by atoms with E-state index in [1.54, 1.807) is 0 Å². The summed E-state index contributed by atoms with van der Waals surface area (Å²) in [5.74, 6) is 1.01. The van der Waals surface area contributed by atoms with Crippen molar-refractivity contribution < 1.29 is 4.79 Å². The van der Waals surface area contributed by atoms with Crippen LogP contribution in [0, 0.1) is 5.92 Å². The molecule has 2 atom stereocenters. The van der Waals surface area contributed by atoms with Crippen LogP contribution in [0.1, 0.15) is 31.2 Å². The van der Waals surface area contributed by atoms with Gasteiger partial charge in [0, 0.05) is 24.3 Å². The molecule has 0 spiro atoms. The van der Waals surface area contributed by atoms with E-state index in [0.29, 0.717) is 11.8 Å². The van der Waals surface area contributed by atoms with E-state index in [0.717, 1.165) is 31.3 Å². The Kier molecular flexibility index (Phi) is 4.81. The number of carbonyl (C=O) groups excluding carboxylic acids is 1. The summed E-state index contributed by atoms with van der Waals surface area (Å²) in [4.78, 5) is 14.4. The molecule has 2 unspecified atom stereocenters. The molecule has 18 heavy (non-hydrogen) atoms. The number of nitrogens with zero attached hydrogens (tertiary/aromatic N) is 1. The topological polar surface area (TPSA) is 20.3 Å². The van der Waals surface area contributed by atoms with Gasteiger partial charge in [-0.25, -0.2) is 0 Å². The molecule has 1 amide bonds. The van der Waals surface area contributed by atoms with Crippen LogP contribution in [0.2, 0.25) is 0 Å². The van der Waals surface area contributed by atoms with Gasteiger partial charge in [-0.15, -0.1) is 0 Å². The smallest absolute Gasteiger partial charge is 0.226 e. The Morgan fingerprint density at radius 1 is 1.33 bits per heavy atom. The second-order valence-electron chi connectivity index (χ2n) is 4.87. The number of hydrogen-bond acceptors (Lipinski definition) is 1. The molecular formula is C15H20BrNO. The molecule has 1 fully saturated rings. The summed E-state index contributed by atoms with van der Waals surface area (Å²) in [7, 11) is 0. The highest BCUT2D eigenvalue weighted by molar-refractivity contribution is 9.09. The highest BCUT2D eigenvalue weighted by atomic mass is 79.9. The fourth-order valence-electron chi connectivity index (χ4n) is 2.48. The first kappa shape index (κ1) is 13.6. The number of hydrogen-bond donors (Lipinski definition) is 0. The molecular weight excluding hydrogens is 290 g/mol. The maximum Gasteiger partial charge on any atom is 0.226 e. The summed E-state index contributed by atoms with van der Waals surface area (Å²) in [5, 5.41) is 0.863. The van der Waals surface area contributed by atoms with Crippen molar-refractivity contribution in [3.05, 3.63) is 35.9 Å². The molecule has 98 valence electrons. The van der Waals surface area contributed by atoms with Gasteiger partial charge in [0.1, 0.15) is 0 Å². The van der Waals surface area contributed by atoms with E-state index in [-0.39, 0.29) is 5.92 Å². The maximum atomic E-state index is 12.4. The van der Waals surface area contributed by atoms with E-state index in [2.05, 4.69) is 47.1 Å². The monoisotopic (exact) mass is 309 g/mol. The van der Waals surface area contributed by atoms with Gasteiger partial charge in [-0.05, 0) is 24.3 Å². The van der Waals surface area contributed by atoms with Gasteiger partial charge >= 0.3 is 0 Å². The number of amides is 1. The van der Waals surface area contributed by atoms with E-state index < -0.39 is 0 Å². The van der Waals surface area contributed by atoms with Crippen LogP contribution in [-0.2, 0) is 4.79 Å². The number of alkyl halides is 1. The highest BCUT2D eigenvalue weighted by Gasteiger charge is 2.45. The van der Waals surface area contributed by atoms with Crippen LogP contribution in [0.3, 0.4) is 0 Å². The molecule has 0 saturated heterocycles. The number of rotatable bonds is 6. The molecule has 2 rings (SSSR count). The van der Waals surface area contributed by atoms with Crippen molar-refractivity contribution in [1.82, 2.24) is 4.90 Å². The lowest BCUT2D eigenvalue weighted by molar-refractivity contribution is -0.132. The molecule has 1 aliphatic carbocycles. The second kappa shape index (κ2) is 6.37. The third kappa shape index (κ3) is 3.14. The molecule has 1 aromatic carbocycles. The lowest BCUT2D eigenvalue weighted by Crippen LogP contribution is -2.34. The van der Waals surface area contributed by atoms with Crippen LogP contribution >= 0.6 is 15.9 Å². The van der Waals surface area contributed by atoms with Gasteiger partial charge in [0.15, 0.2) is 0 Å². The van der Waals surface area contributed by atoms with Gasteiger partial charge in [-0.1, -0.05) is 53.2 Å². The zero-order chi connectivity index (χ0) is 13.0. The Hall–Kier alpha value is -0.830. The molecule has 0 aromatic heterocycles. The molecule has 1 aliphatic rings. The van der Waals surface area contributed by atoms with Crippen molar-refractivity contribution in [2.24, 2.45) is 5.92 Å². The van der Waals surface area contributed by atoms with Crippen molar-refractivity contribution in [3.63, 3.8) is 0 Å². The molecule has 0 aliphatic heterocycles. The minimum atomic E-state index is 0.220. The molecule has 0 N–H and O–H groups in total. The van der Waals surface area contributed by atoms with Crippen LogP contribution in [-0.4, -0.2) is 29.2 Å². The Morgan fingerprint density at radius 2 is 2.06 bits per heavy atom. The van der Waals surface area contributed by atoms with E-state index in [9.17, 15) is 4.79 Å². The van der Waals surface area contributed by atoms with Gasteiger partial charge in [-0.3, -0.25) is 4.79 Å². The Balaban J connectivity index is 1.95. The number of benzene rings is 1. The normalized spacial score (nSPS) is 21.7. The maximum absolute atomic E-state index is 12.4. The first-order valence-electron chi connectivity index (χ1n) is 6.67. The van der Waals surface area contributed by atoms with Crippen molar-refractivity contribution in [2.45, 2.75) is 25.7 Å². The first-order chi connectivity index (χ1) is 8.77. The summed E-state index contributed by atoms with van der Waals surface area (Å²) in [6.45, 7) is 3.82. The van der Waals surface area contributed by atoms with Crippen LogP contribution in [0.5, 0.6) is 0 Å². The standard InChI is InChI=1S/C15H20BrNO/c1-2-9-17(10-8-16)15(18)14-11-13(14)12-6-4-3-5-7-12/h3-7,13-14H,2,8-11H2,1H3. The summed E-state index contributed by atoms with van der Waals surface area (Å²) in [5.41, 5.74) is 1.31. The van der Waals surface area contributed by atoms with E-state index in [1.807, 2.05) is 11.0 Å². The van der Waals surface area contributed by atoms with E-state index in [4.69, 9.17) is 0 Å². The fourth-order valence-corrected chi connectivity index (χ4v) is 2.90. The predicted molar refractivity (Wildman–Crippen MR) is 78.0 cm³/mol. The summed E-state index contributed by atoms with van der Waals surface area (Å²) in [6, 6.07) is 10.4. The quantitative estimate of drug-likeness (QED) is 0.737. The van der Waals surface area contributed by atoms with Gasteiger partial charge in [-0.2, -0.15) is 0 Å². The SMILES string of the molecule is CCCN(CCBr)C(=O)C1CC1c1ccccc1. The summed E-state index contributed by atoms with van der Waals surface area (Å²) >= 11 is 3.42. The third-order valence-corrected chi connectivity index (χ3v) is 3.85. The van der Waals surface area contributed by atoms with Crippen LogP contribution < -0.4 is 0 Å².